The topological polar surface area (TPSA) is 75.3 Å². The van der Waals surface area contributed by atoms with Gasteiger partial charge < -0.3 is 10.6 Å². The number of nitrogens with one attached hydrogen (secondary N) is 2. The Kier molecular flexibility index (Phi) is 5.73. The van der Waals surface area contributed by atoms with Crippen molar-refractivity contribution < 1.29 is 14.4 Å². The van der Waals surface area contributed by atoms with Gasteiger partial charge in [0.25, 0.3) is 5.91 Å². The maximum absolute atomic E-state index is 12.7. The Bertz CT molecular complexity index is 962. The molecule has 0 saturated heterocycles. The molecule has 3 rings (SSSR count). The number of fused-ring (bicyclic) bond motifs is 1. The zero-order valence-corrected chi connectivity index (χ0v) is 16.3. The number of carbonyl (C=O) groups is 3. The van der Waals surface area contributed by atoms with Crippen molar-refractivity contribution in [3.05, 3.63) is 71.3 Å². The van der Waals surface area contributed by atoms with Gasteiger partial charge in [0.2, 0.25) is 5.91 Å². The van der Waals surface area contributed by atoms with E-state index in [4.69, 9.17) is 0 Å². The van der Waals surface area contributed by atoms with Crippen LogP contribution in [-0.4, -0.2) is 23.6 Å². The average Bonchev–Trinajstić information content (AvgIpc) is 2.69. The van der Waals surface area contributed by atoms with E-state index in [9.17, 15) is 14.4 Å². The number of amides is 2. The van der Waals surface area contributed by atoms with Gasteiger partial charge in [0.1, 0.15) is 0 Å². The molecule has 0 saturated carbocycles. The third kappa shape index (κ3) is 4.03. The maximum Gasteiger partial charge on any atom is 0.252 e. The van der Waals surface area contributed by atoms with Gasteiger partial charge in [0.05, 0.1) is 6.04 Å². The van der Waals surface area contributed by atoms with Crippen LogP contribution in [0.3, 0.4) is 0 Å². The fourth-order valence-corrected chi connectivity index (χ4v) is 3.38. The van der Waals surface area contributed by atoms with Crippen molar-refractivity contribution >= 4 is 28.9 Å². The van der Waals surface area contributed by atoms with E-state index in [1.165, 1.54) is 6.92 Å². The molecule has 2 N–H and O–H groups in total. The molecule has 0 aliphatic carbocycles. The number of hydrogen-bond donors (Lipinski definition) is 2. The third-order valence-electron chi connectivity index (χ3n) is 5.14. The van der Waals surface area contributed by atoms with Crippen LogP contribution in [0.25, 0.3) is 5.57 Å². The van der Waals surface area contributed by atoms with Crippen LogP contribution in [0.5, 0.6) is 0 Å². The minimum Gasteiger partial charge on any atom is -0.345 e. The molecule has 2 amide bonds. The normalized spacial score (nSPS) is 18.2. The first-order valence-electron chi connectivity index (χ1n) is 9.44. The summed E-state index contributed by atoms with van der Waals surface area (Å²) in [7, 11) is 0. The molecule has 0 fully saturated rings. The monoisotopic (exact) mass is 376 g/mol. The summed E-state index contributed by atoms with van der Waals surface area (Å²) < 4.78 is 0. The molecule has 0 radical (unpaired) electrons. The molecule has 1 heterocycles. The van der Waals surface area contributed by atoms with Crippen LogP contribution in [0.4, 0.5) is 5.69 Å². The maximum atomic E-state index is 12.7. The van der Waals surface area contributed by atoms with Gasteiger partial charge in [-0.2, -0.15) is 0 Å². The molecular formula is C23H24N2O3. The number of ketones is 1. The standard InChI is InChI=1S/C23H24N2O3/c1-4-14(2)22-20(18-10-5-6-11-19(18)23(28)25-22)13-21(27)24-17-9-7-8-16(12-17)15(3)26/h5-14,22H,4H2,1-3H3,(H,24,27)(H,25,28)/t14-,22-/m0/s1. The molecule has 2 aromatic carbocycles. The van der Waals surface area contributed by atoms with Crippen LogP contribution >= 0.6 is 0 Å². The van der Waals surface area contributed by atoms with Crippen molar-refractivity contribution in [2.75, 3.05) is 5.32 Å². The number of Topliss-reactive ketones (excluding diaryl/α,β-unsaturated/α-hetero) is 1. The Balaban J connectivity index is 1.95. The summed E-state index contributed by atoms with van der Waals surface area (Å²) in [5.41, 5.74) is 3.25. The van der Waals surface area contributed by atoms with E-state index < -0.39 is 0 Å². The zero-order valence-electron chi connectivity index (χ0n) is 16.3. The van der Waals surface area contributed by atoms with Crippen molar-refractivity contribution in [1.29, 1.82) is 0 Å². The smallest absolute Gasteiger partial charge is 0.252 e. The zero-order chi connectivity index (χ0) is 20.3. The first-order chi connectivity index (χ1) is 13.4. The highest BCUT2D eigenvalue weighted by Crippen LogP contribution is 2.31. The molecule has 2 atom stereocenters. The number of rotatable bonds is 5. The van der Waals surface area contributed by atoms with Crippen LogP contribution in [0, 0.1) is 5.92 Å². The molecule has 1 aliphatic heterocycles. The molecular weight excluding hydrogens is 352 g/mol. The summed E-state index contributed by atoms with van der Waals surface area (Å²) in [6.07, 6.45) is 2.42. The average molecular weight is 376 g/mol. The van der Waals surface area contributed by atoms with Gasteiger partial charge in [0, 0.05) is 22.9 Å². The highest BCUT2D eigenvalue weighted by molar-refractivity contribution is 6.10. The Morgan fingerprint density at radius 2 is 1.86 bits per heavy atom. The SMILES string of the molecule is CC[C@H](C)[C@@H]1NC(=O)c2ccccc2C1=CC(=O)Nc1cccc(C(C)=O)c1. The van der Waals surface area contributed by atoms with Crippen LogP contribution < -0.4 is 10.6 Å². The molecule has 0 unspecified atom stereocenters. The Labute approximate surface area is 164 Å². The van der Waals surface area contributed by atoms with E-state index in [-0.39, 0.29) is 29.6 Å². The summed E-state index contributed by atoms with van der Waals surface area (Å²) in [6, 6.07) is 13.9. The molecule has 2 aromatic rings. The lowest BCUT2D eigenvalue weighted by Gasteiger charge is -2.32. The highest BCUT2D eigenvalue weighted by atomic mass is 16.2. The van der Waals surface area contributed by atoms with E-state index >= 15 is 0 Å². The lowest BCUT2D eigenvalue weighted by molar-refractivity contribution is -0.111. The van der Waals surface area contributed by atoms with Crippen molar-refractivity contribution in [1.82, 2.24) is 5.32 Å². The third-order valence-corrected chi connectivity index (χ3v) is 5.14. The lowest BCUT2D eigenvalue weighted by atomic mass is 9.82. The van der Waals surface area contributed by atoms with Gasteiger partial charge in [-0.15, -0.1) is 0 Å². The lowest BCUT2D eigenvalue weighted by Crippen LogP contribution is -2.44. The highest BCUT2D eigenvalue weighted by Gasteiger charge is 2.31. The Morgan fingerprint density at radius 1 is 1.14 bits per heavy atom. The van der Waals surface area contributed by atoms with Crippen LogP contribution in [0.2, 0.25) is 0 Å². The number of anilines is 1. The molecule has 0 aromatic heterocycles. The fourth-order valence-electron chi connectivity index (χ4n) is 3.38. The molecule has 28 heavy (non-hydrogen) atoms. The first-order valence-corrected chi connectivity index (χ1v) is 9.44. The van der Waals surface area contributed by atoms with E-state index in [1.807, 2.05) is 18.2 Å². The van der Waals surface area contributed by atoms with Gasteiger partial charge in [-0.3, -0.25) is 14.4 Å². The minimum absolute atomic E-state index is 0.0600. The van der Waals surface area contributed by atoms with E-state index in [0.29, 0.717) is 16.8 Å². The summed E-state index contributed by atoms with van der Waals surface area (Å²) in [5, 5.41) is 5.86. The molecule has 5 nitrogen and oxygen atoms in total. The summed E-state index contributed by atoms with van der Waals surface area (Å²) in [4.78, 5) is 36.7. The largest absolute Gasteiger partial charge is 0.345 e. The van der Waals surface area contributed by atoms with Gasteiger partial charge in [-0.05, 0) is 42.2 Å². The molecule has 5 heteroatoms. The number of hydrogen-bond acceptors (Lipinski definition) is 3. The Hall–Kier alpha value is -3.21. The molecule has 0 spiro atoms. The summed E-state index contributed by atoms with van der Waals surface area (Å²) >= 11 is 0. The predicted octanol–water partition coefficient (Wildman–Crippen LogP) is 4.07. The van der Waals surface area contributed by atoms with Gasteiger partial charge in [-0.1, -0.05) is 50.6 Å². The van der Waals surface area contributed by atoms with Gasteiger partial charge in [0.15, 0.2) is 5.78 Å². The second-order valence-corrected chi connectivity index (χ2v) is 7.11. The fraction of sp³-hybridized carbons (Fsp3) is 0.261. The van der Waals surface area contributed by atoms with Crippen LogP contribution in [-0.2, 0) is 4.79 Å². The summed E-state index contributed by atoms with van der Waals surface area (Å²) in [6.45, 7) is 5.60. The minimum atomic E-state index is -0.296. The van der Waals surface area contributed by atoms with Gasteiger partial charge >= 0.3 is 0 Å². The van der Waals surface area contributed by atoms with E-state index in [2.05, 4.69) is 24.5 Å². The van der Waals surface area contributed by atoms with Crippen molar-refractivity contribution in [2.45, 2.75) is 33.2 Å². The first kappa shape index (κ1) is 19.5. The van der Waals surface area contributed by atoms with Crippen molar-refractivity contribution in [3.8, 4) is 0 Å². The van der Waals surface area contributed by atoms with Gasteiger partial charge in [-0.25, -0.2) is 0 Å². The summed E-state index contributed by atoms with van der Waals surface area (Å²) in [5.74, 6) is -0.296. The van der Waals surface area contributed by atoms with E-state index in [1.54, 1.807) is 36.4 Å². The second-order valence-electron chi connectivity index (χ2n) is 7.11. The molecule has 1 aliphatic rings. The quantitative estimate of drug-likeness (QED) is 0.610. The van der Waals surface area contributed by atoms with Crippen LogP contribution in [0.15, 0.2) is 54.6 Å². The number of benzene rings is 2. The Morgan fingerprint density at radius 3 is 2.54 bits per heavy atom. The van der Waals surface area contributed by atoms with Crippen molar-refractivity contribution in [2.24, 2.45) is 5.92 Å². The van der Waals surface area contributed by atoms with Crippen molar-refractivity contribution in [3.63, 3.8) is 0 Å². The van der Waals surface area contributed by atoms with E-state index in [0.717, 1.165) is 17.6 Å². The number of carbonyl (C=O) groups excluding carboxylic acids is 3. The van der Waals surface area contributed by atoms with Crippen LogP contribution in [0.1, 0.15) is 53.5 Å². The predicted molar refractivity (Wildman–Crippen MR) is 110 cm³/mol. The second kappa shape index (κ2) is 8.21. The molecule has 0 bridgehead atoms. The molecule has 144 valence electrons.